The van der Waals surface area contributed by atoms with E-state index in [1.807, 2.05) is 13.8 Å². The number of carbonyl (C=O) groups is 2. The molecule has 0 heterocycles. The van der Waals surface area contributed by atoms with E-state index in [9.17, 15) is 18.4 Å². The normalized spacial score (nSPS) is 10.7. The Hall–Kier alpha value is -1.98. The predicted octanol–water partition coefficient (Wildman–Crippen LogP) is 2.47. The Kier molecular flexibility index (Phi) is 6.27. The first-order valence-electron chi connectivity index (χ1n) is 6.73. The predicted molar refractivity (Wildman–Crippen MR) is 73.7 cm³/mol. The van der Waals surface area contributed by atoms with E-state index < -0.39 is 17.6 Å². The van der Waals surface area contributed by atoms with Crippen molar-refractivity contribution in [2.45, 2.75) is 26.7 Å². The molecule has 0 atom stereocenters. The number of aliphatic carboxylic acids is 1. The number of hydrogen-bond acceptors (Lipinski definition) is 2. The summed E-state index contributed by atoms with van der Waals surface area (Å²) in [6, 6.07) is 3.80. The van der Waals surface area contributed by atoms with Crippen molar-refractivity contribution in [3.8, 4) is 0 Å². The van der Waals surface area contributed by atoms with Gasteiger partial charge in [-0.05, 0) is 24.0 Å². The molecule has 0 saturated heterocycles. The summed E-state index contributed by atoms with van der Waals surface area (Å²) in [7, 11) is 0. The first-order valence-corrected chi connectivity index (χ1v) is 6.73. The number of benzene rings is 1. The summed E-state index contributed by atoms with van der Waals surface area (Å²) < 4.78 is 26.5. The number of amides is 1. The van der Waals surface area contributed by atoms with E-state index in [1.165, 1.54) is 17.0 Å². The van der Waals surface area contributed by atoms with E-state index in [2.05, 4.69) is 0 Å². The van der Waals surface area contributed by atoms with E-state index in [1.54, 1.807) is 0 Å². The maximum Gasteiger partial charge on any atom is 0.323 e. The molecule has 1 aromatic carbocycles. The molecule has 0 saturated carbocycles. The summed E-state index contributed by atoms with van der Waals surface area (Å²) in [5.41, 5.74) is 0.114. The molecule has 0 unspecified atom stereocenters. The second kappa shape index (κ2) is 7.71. The fourth-order valence-electron chi connectivity index (χ4n) is 2.00. The Bertz CT molecular complexity index is 518. The van der Waals surface area contributed by atoms with Crippen molar-refractivity contribution in [1.82, 2.24) is 4.90 Å². The van der Waals surface area contributed by atoms with Gasteiger partial charge in [0.1, 0.15) is 6.54 Å². The van der Waals surface area contributed by atoms with Gasteiger partial charge in [-0.15, -0.1) is 0 Å². The van der Waals surface area contributed by atoms with Crippen LogP contribution in [0.25, 0.3) is 0 Å². The molecule has 0 aromatic heterocycles. The lowest BCUT2D eigenvalue weighted by molar-refractivity contribution is -0.144. The van der Waals surface area contributed by atoms with Crippen molar-refractivity contribution >= 4 is 11.9 Å². The third-order valence-corrected chi connectivity index (χ3v) is 2.90. The van der Waals surface area contributed by atoms with Gasteiger partial charge in [-0.2, -0.15) is 0 Å². The number of carboxylic acid groups (broad SMARTS) is 1. The minimum Gasteiger partial charge on any atom is -0.480 e. The summed E-state index contributed by atoms with van der Waals surface area (Å²) in [5, 5.41) is 8.81. The molecule has 0 radical (unpaired) electrons. The molecule has 1 N–H and O–H groups in total. The van der Waals surface area contributed by atoms with E-state index in [-0.39, 0.29) is 36.8 Å². The van der Waals surface area contributed by atoms with Gasteiger partial charge in [0, 0.05) is 13.0 Å². The topological polar surface area (TPSA) is 57.6 Å². The SMILES string of the molecule is CC(C)CN(CC(=O)O)C(=O)CCc1cccc(F)c1F. The Labute approximate surface area is 122 Å². The lowest BCUT2D eigenvalue weighted by atomic mass is 10.1. The Morgan fingerprint density at radius 1 is 1.29 bits per heavy atom. The molecule has 0 aliphatic rings. The van der Waals surface area contributed by atoms with Gasteiger partial charge in [-0.25, -0.2) is 8.78 Å². The van der Waals surface area contributed by atoms with Crippen LogP contribution in [0, 0.1) is 17.6 Å². The molecule has 1 aromatic rings. The highest BCUT2D eigenvalue weighted by Crippen LogP contribution is 2.14. The molecule has 1 amide bonds. The van der Waals surface area contributed by atoms with Gasteiger partial charge in [-0.1, -0.05) is 26.0 Å². The van der Waals surface area contributed by atoms with Gasteiger partial charge in [0.05, 0.1) is 0 Å². The Balaban J connectivity index is 2.68. The average molecular weight is 299 g/mol. The van der Waals surface area contributed by atoms with Gasteiger partial charge in [0.25, 0.3) is 0 Å². The van der Waals surface area contributed by atoms with E-state index in [0.29, 0.717) is 6.54 Å². The lowest BCUT2D eigenvalue weighted by Crippen LogP contribution is -2.38. The largest absolute Gasteiger partial charge is 0.480 e. The fraction of sp³-hybridized carbons (Fsp3) is 0.467. The van der Waals surface area contributed by atoms with Crippen molar-refractivity contribution in [3.63, 3.8) is 0 Å². The van der Waals surface area contributed by atoms with Crippen LogP contribution in [0.3, 0.4) is 0 Å². The summed E-state index contributed by atoms with van der Waals surface area (Å²) in [6.07, 6.45) is -0.0169. The van der Waals surface area contributed by atoms with Crippen LogP contribution in [-0.2, 0) is 16.0 Å². The monoisotopic (exact) mass is 299 g/mol. The zero-order chi connectivity index (χ0) is 16.0. The number of aryl methyl sites for hydroxylation is 1. The minimum absolute atomic E-state index is 0.0383. The second-order valence-corrected chi connectivity index (χ2v) is 5.27. The van der Waals surface area contributed by atoms with Gasteiger partial charge in [0.15, 0.2) is 11.6 Å². The third-order valence-electron chi connectivity index (χ3n) is 2.90. The van der Waals surface area contributed by atoms with E-state index in [4.69, 9.17) is 5.11 Å². The molecule has 0 spiro atoms. The Morgan fingerprint density at radius 3 is 2.52 bits per heavy atom. The smallest absolute Gasteiger partial charge is 0.323 e. The number of hydrogen-bond donors (Lipinski definition) is 1. The molecule has 1 rings (SSSR count). The van der Waals surface area contributed by atoms with Gasteiger partial charge < -0.3 is 10.0 Å². The second-order valence-electron chi connectivity index (χ2n) is 5.27. The van der Waals surface area contributed by atoms with Crippen molar-refractivity contribution in [3.05, 3.63) is 35.4 Å². The van der Waals surface area contributed by atoms with Gasteiger partial charge >= 0.3 is 5.97 Å². The first-order chi connectivity index (χ1) is 9.81. The quantitative estimate of drug-likeness (QED) is 0.841. The van der Waals surface area contributed by atoms with Crippen molar-refractivity contribution in [2.75, 3.05) is 13.1 Å². The summed E-state index contributed by atoms with van der Waals surface area (Å²) >= 11 is 0. The highest BCUT2D eigenvalue weighted by Gasteiger charge is 2.18. The molecule has 116 valence electrons. The van der Waals surface area contributed by atoms with Crippen LogP contribution in [0.2, 0.25) is 0 Å². The zero-order valence-electron chi connectivity index (χ0n) is 12.1. The van der Waals surface area contributed by atoms with Crippen LogP contribution < -0.4 is 0 Å². The molecular formula is C15H19F2NO3. The maximum absolute atomic E-state index is 13.5. The van der Waals surface area contributed by atoms with E-state index in [0.717, 1.165) is 6.07 Å². The first kappa shape index (κ1) is 17.1. The summed E-state index contributed by atoms with van der Waals surface area (Å²) in [6.45, 7) is 3.67. The third kappa shape index (κ3) is 5.49. The standard InChI is InChI=1S/C15H19F2NO3/c1-10(2)8-18(9-14(20)21)13(19)7-6-11-4-3-5-12(16)15(11)17/h3-5,10H,6-9H2,1-2H3,(H,20,21). The molecule has 21 heavy (non-hydrogen) atoms. The van der Waals surface area contributed by atoms with E-state index >= 15 is 0 Å². The summed E-state index contributed by atoms with van der Waals surface area (Å²) in [4.78, 5) is 24.0. The minimum atomic E-state index is -1.10. The lowest BCUT2D eigenvalue weighted by Gasteiger charge is -2.22. The maximum atomic E-state index is 13.5. The van der Waals surface area contributed by atoms with Crippen LogP contribution in [0.1, 0.15) is 25.8 Å². The number of halogens is 2. The van der Waals surface area contributed by atoms with Gasteiger partial charge in [-0.3, -0.25) is 9.59 Å². The van der Waals surface area contributed by atoms with Crippen LogP contribution in [-0.4, -0.2) is 35.0 Å². The summed E-state index contributed by atoms with van der Waals surface area (Å²) in [5.74, 6) is -3.27. The van der Waals surface area contributed by atoms with Crippen molar-refractivity contribution in [1.29, 1.82) is 0 Å². The van der Waals surface area contributed by atoms with Crippen LogP contribution in [0.5, 0.6) is 0 Å². The highest BCUT2D eigenvalue weighted by atomic mass is 19.2. The zero-order valence-corrected chi connectivity index (χ0v) is 12.1. The number of carbonyl (C=O) groups excluding carboxylic acids is 1. The number of rotatable bonds is 7. The van der Waals surface area contributed by atoms with Crippen LogP contribution in [0.15, 0.2) is 18.2 Å². The Morgan fingerprint density at radius 2 is 1.95 bits per heavy atom. The molecule has 0 aliphatic heterocycles. The van der Waals surface area contributed by atoms with Crippen LogP contribution in [0.4, 0.5) is 8.78 Å². The fourth-order valence-corrected chi connectivity index (χ4v) is 2.00. The highest BCUT2D eigenvalue weighted by molar-refractivity contribution is 5.81. The van der Waals surface area contributed by atoms with Crippen molar-refractivity contribution < 1.29 is 23.5 Å². The molecular weight excluding hydrogens is 280 g/mol. The molecule has 0 aliphatic carbocycles. The molecule has 0 bridgehead atoms. The average Bonchev–Trinajstić information content (AvgIpc) is 2.38. The van der Waals surface area contributed by atoms with Gasteiger partial charge in [0.2, 0.25) is 5.91 Å². The number of carboxylic acids is 1. The molecule has 6 heteroatoms. The van der Waals surface area contributed by atoms with Crippen LogP contribution >= 0.6 is 0 Å². The molecule has 4 nitrogen and oxygen atoms in total. The number of nitrogens with zero attached hydrogens (tertiary/aromatic N) is 1. The molecule has 0 fully saturated rings. The van der Waals surface area contributed by atoms with Crippen molar-refractivity contribution in [2.24, 2.45) is 5.92 Å².